The number of furan rings is 2. The minimum absolute atomic E-state index is 0.0729. The van der Waals surface area contributed by atoms with E-state index in [1.807, 2.05) is 6.07 Å². The monoisotopic (exact) mass is 387 g/mol. The van der Waals surface area contributed by atoms with Crippen LogP contribution in [-0.2, 0) is 0 Å². The van der Waals surface area contributed by atoms with Gasteiger partial charge in [0.15, 0.2) is 0 Å². The lowest BCUT2D eigenvalue weighted by Gasteiger charge is -2.05. The lowest BCUT2D eigenvalue weighted by Crippen LogP contribution is -1.88. The van der Waals surface area contributed by atoms with E-state index < -0.39 is 20.6 Å². The molecule has 0 saturated heterocycles. The summed E-state index contributed by atoms with van der Waals surface area (Å²) in [6, 6.07) is 13.2. The Morgan fingerprint density at radius 1 is 0.828 bits per heavy atom. The molecule has 4 aromatic heterocycles. The number of hydrogen-bond acceptors (Lipinski definition) is 4. The lowest BCUT2D eigenvalue weighted by atomic mass is 10.0. The predicted octanol–water partition coefficient (Wildman–Crippen LogP) is 6.87. The molecule has 0 N–H and O–H groups in total. The van der Waals surface area contributed by atoms with E-state index in [2.05, 4.69) is 9.97 Å². The molecule has 4 heterocycles. The molecule has 0 fully saturated rings. The normalized spacial score (nSPS) is 17.9. The number of benzene rings is 2. The highest BCUT2D eigenvalue weighted by atomic mass is 16.3. The fourth-order valence-corrected chi connectivity index (χ4v) is 3.84. The van der Waals surface area contributed by atoms with Gasteiger partial charge in [0.05, 0.1) is 5.69 Å². The van der Waals surface area contributed by atoms with Crippen molar-refractivity contribution < 1.29 is 21.2 Å². The molecule has 6 rings (SSSR count). The van der Waals surface area contributed by atoms with Crippen molar-refractivity contribution in [2.45, 2.75) is 20.6 Å². The van der Waals surface area contributed by atoms with E-state index in [-0.39, 0.29) is 28.2 Å². The van der Waals surface area contributed by atoms with Crippen molar-refractivity contribution in [3.05, 3.63) is 71.5 Å². The summed E-state index contributed by atoms with van der Waals surface area (Å²) in [7, 11) is 0. The van der Waals surface area contributed by atoms with E-state index in [1.54, 1.807) is 30.3 Å². The molecular formula is C25H18N2O2. The number of aryl methyl sites for hydroxylation is 3. The molecular weight excluding hydrogens is 360 g/mol. The van der Waals surface area contributed by atoms with Gasteiger partial charge >= 0.3 is 0 Å². The van der Waals surface area contributed by atoms with Crippen molar-refractivity contribution in [3.8, 4) is 11.3 Å². The summed E-state index contributed by atoms with van der Waals surface area (Å²) in [4.78, 5) is 8.50. The maximum absolute atomic E-state index is 7.89. The SMILES string of the molecule is [2H]C([2H])([2H])c1ccc2c(n1)oc1ccc3oc4c(-c5cc(C([2H])([2H])[2H])c(C([2H])([2H])[2H])cn5)cccc4c3c12. The number of nitrogens with zero attached hydrogens (tertiary/aromatic N) is 2. The number of aromatic nitrogens is 2. The Balaban J connectivity index is 1.63. The molecule has 0 amide bonds. The van der Waals surface area contributed by atoms with Crippen LogP contribution in [0.25, 0.3) is 55.3 Å². The third-order valence-electron chi connectivity index (χ3n) is 5.14. The van der Waals surface area contributed by atoms with Gasteiger partial charge in [-0.3, -0.25) is 4.98 Å². The molecule has 140 valence electrons. The van der Waals surface area contributed by atoms with E-state index in [9.17, 15) is 0 Å². The van der Waals surface area contributed by atoms with Crippen LogP contribution in [0.3, 0.4) is 0 Å². The van der Waals surface area contributed by atoms with Gasteiger partial charge in [0.1, 0.15) is 16.7 Å². The van der Waals surface area contributed by atoms with E-state index >= 15 is 0 Å². The molecule has 2 aromatic carbocycles. The Hall–Kier alpha value is -3.66. The first kappa shape index (κ1) is 9.70. The van der Waals surface area contributed by atoms with Gasteiger partial charge < -0.3 is 8.83 Å². The van der Waals surface area contributed by atoms with Crippen molar-refractivity contribution in [3.63, 3.8) is 0 Å². The number of fused-ring (bicyclic) bond motifs is 7. The Bertz CT molecular complexity index is 1890. The molecule has 0 aliphatic carbocycles. The number of para-hydroxylation sites is 1. The van der Waals surface area contributed by atoms with Gasteiger partial charge in [-0.05, 0) is 68.1 Å². The minimum Gasteiger partial charge on any atom is -0.455 e. The zero-order valence-electron chi connectivity index (χ0n) is 23.9. The van der Waals surface area contributed by atoms with E-state index in [4.69, 9.17) is 21.2 Å². The molecule has 4 heteroatoms. The van der Waals surface area contributed by atoms with Crippen molar-refractivity contribution in [1.29, 1.82) is 0 Å². The first-order valence-corrected chi connectivity index (χ1v) is 8.93. The highest BCUT2D eigenvalue weighted by Gasteiger charge is 2.19. The fourth-order valence-electron chi connectivity index (χ4n) is 3.84. The molecule has 0 saturated carbocycles. The molecule has 6 aromatic rings. The molecule has 0 aliphatic heterocycles. The van der Waals surface area contributed by atoms with Crippen molar-refractivity contribution in [1.82, 2.24) is 9.97 Å². The lowest BCUT2D eigenvalue weighted by molar-refractivity contribution is 0.651. The summed E-state index contributed by atoms with van der Waals surface area (Å²) < 4.78 is 81.9. The molecule has 0 spiro atoms. The van der Waals surface area contributed by atoms with E-state index in [0.29, 0.717) is 38.5 Å². The Labute approximate surface area is 179 Å². The summed E-state index contributed by atoms with van der Waals surface area (Å²) in [5.41, 5.74) is 1.70. The van der Waals surface area contributed by atoms with Crippen molar-refractivity contribution in [2.24, 2.45) is 0 Å². The molecule has 0 bridgehead atoms. The van der Waals surface area contributed by atoms with Gasteiger partial charge in [-0.25, -0.2) is 4.98 Å². The van der Waals surface area contributed by atoms with Gasteiger partial charge in [0, 0.05) is 51.3 Å². The molecule has 4 nitrogen and oxygen atoms in total. The van der Waals surface area contributed by atoms with Crippen LogP contribution in [-0.4, -0.2) is 9.97 Å². The second kappa shape index (κ2) is 5.67. The topological polar surface area (TPSA) is 52.1 Å². The quantitative estimate of drug-likeness (QED) is 0.309. The van der Waals surface area contributed by atoms with Crippen LogP contribution in [0.2, 0.25) is 0 Å². The predicted molar refractivity (Wildman–Crippen MR) is 116 cm³/mol. The van der Waals surface area contributed by atoms with E-state index in [0.717, 1.165) is 11.6 Å². The number of rotatable bonds is 1. The van der Waals surface area contributed by atoms with Crippen molar-refractivity contribution >= 4 is 44.0 Å². The molecule has 0 aliphatic rings. The van der Waals surface area contributed by atoms with Gasteiger partial charge in [-0.15, -0.1) is 0 Å². The van der Waals surface area contributed by atoms with Crippen LogP contribution < -0.4 is 0 Å². The van der Waals surface area contributed by atoms with Gasteiger partial charge in [-0.2, -0.15) is 0 Å². The smallest absolute Gasteiger partial charge is 0.227 e. The van der Waals surface area contributed by atoms with Gasteiger partial charge in [0.25, 0.3) is 0 Å². The summed E-state index contributed by atoms with van der Waals surface area (Å²) in [5, 5.41) is 2.74. The van der Waals surface area contributed by atoms with Crippen LogP contribution in [0.4, 0.5) is 0 Å². The molecule has 29 heavy (non-hydrogen) atoms. The van der Waals surface area contributed by atoms with Crippen LogP contribution in [0.15, 0.2) is 63.6 Å². The van der Waals surface area contributed by atoms with Crippen LogP contribution >= 0.6 is 0 Å². The summed E-state index contributed by atoms with van der Waals surface area (Å²) >= 11 is 0. The summed E-state index contributed by atoms with van der Waals surface area (Å²) in [5.74, 6) is 0. The van der Waals surface area contributed by atoms with Crippen molar-refractivity contribution in [2.75, 3.05) is 0 Å². The Morgan fingerprint density at radius 2 is 1.69 bits per heavy atom. The zero-order valence-corrected chi connectivity index (χ0v) is 14.9. The first-order valence-electron chi connectivity index (χ1n) is 13.4. The summed E-state index contributed by atoms with van der Waals surface area (Å²) in [6.07, 6.45) is 1.08. The standard InChI is InChI=1S/C25H18N2O2/c1-13-11-19(26-12-14(13)2)16-5-4-6-17-22-20(28-24(16)17)9-10-21-23(22)18-8-7-15(3)27-25(18)29-21/h4-12H,1-3H3/i1D3,2D3,3D3. The van der Waals surface area contributed by atoms with Gasteiger partial charge in [-0.1, -0.05) is 12.1 Å². The number of hydrogen-bond donors (Lipinski definition) is 0. The second-order valence-electron chi connectivity index (χ2n) is 6.86. The third kappa shape index (κ3) is 2.26. The zero-order chi connectivity index (χ0) is 27.2. The third-order valence-corrected chi connectivity index (χ3v) is 5.14. The summed E-state index contributed by atoms with van der Waals surface area (Å²) in [6.45, 7) is -7.68. The highest BCUT2D eigenvalue weighted by Crippen LogP contribution is 2.41. The van der Waals surface area contributed by atoms with Crippen LogP contribution in [0.5, 0.6) is 0 Å². The average molecular weight is 387 g/mol. The largest absolute Gasteiger partial charge is 0.455 e. The molecule has 0 atom stereocenters. The maximum Gasteiger partial charge on any atom is 0.227 e. The highest BCUT2D eigenvalue weighted by molar-refractivity contribution is 6.26. The molecule has 0 radical (unpaired) electrons. The fraction of sp³-hybridized carbons (Fsp3) is 0.120. The number of pyridine rings is 2. The van der Waals surface area contributed by atoms with E-state index in [1.165, 1.54) is 12.1 Å². The maximum atomic E-state index is 7.89. The minimum atomic E-state index is -2.66. The van der Waals surface area contributed by atoms with Crippen LogP contribution in [0.1, 0.15) is 29.2 Å². The molecule has 0 unspecified atom stereocenters. The Kier molecular flexibility index (Phi) is 1.90. The average Bonchev–Trinajstić information content (AvgIpc) is 3.39. The van der Waals surface area contributed by atoms with Gasteiger partial charge in [0.2, 0.25) is 5.71 Å². The van der Waals surface area contributed by atoms with Crippen LogP contribution in [0, 0.1) is 20.6 Å². The first-order chi connectivity index (χ1) is 17.7. The Morgan fingerprint density at radius 3 is 2.55 bits per heavy atom. The second-order valence-corrected chi connectivity index (χ2v) is 6.86.